The molecule has 40 heavy (non-hydrogen) atoms. The third-order valence-electron chi connectivity index (χ3n) is 5.55. The van der Waals surface area contributed by atoms with Gasteiger partial charge in [-0.25, -0.2) is 37.6 Å². The highest BCUT2D eigenvalue weighted by molar-refractivity contribution is 7.89. The van der Waals surface area contributed by atoms with Gasteiger partial charge in [0.05, 0.1) is 21.8 Å². The summed E-state index contributed by atoms with van der Waals surface area (Å²) in [5.74, 6) is -0.675. The Balaban J connectivity index is 1.50. The highest BCUT2D eigenvalue weighted by Crippen LogP contribution is 2.27. The van der Waals surface area contributed by atoms with Gasteiger partial charge >= 0.3 is 6.18 Å². The summed E-state index contributed by atoms with van der Waals surface area (Å²) in [4.78, 5) is 16.6. The molecule has 0 radical (unpaired) electrons. The molecule has 4 N–H and O–H groups in total. The molecule has 0 bridgehead atoms. The molecule has 11 nitrogen and oxygen atoms in total. The minimum atomic E-state index is -4.54. The molecule has 5 rings (SSSR count). The van der Waals surface area contributed by atoms with Gasteiger partial charge in [-0.05, 0) is 60.2 Å². The van der Waals surface area contributed by atoms with Crippen molar-refractivity contribution in [2.45, 2.75) is 17.6 Å². The number of rotatable bonds is 8. The summed E-state index contributed by atoms with van der Waals surface area (Å²) in [5.41, 5.74) is 2.04. The fourth-order valence-corrected chi connectivity index (χ4v) is 4.35. The van der Waals surface area contributed by atoms with Crippen molar-refractivity contribution in [3.63, 3.8) is 0 Å². The average molecular weight is 574 g/mol. The minimum absolute atomic E-state index is 0.0175. The molecule has 0 aliphatic rings. The minimum Gasteiger partial charge on any atom is -0.359 e. The third-order valence-corrected chi connectivity index (χ3v) is 6.44. The van der Waals surface area contributed by atoms with Gasteiger partial charge in [0.15, 0.2) is 5.82 Å². The second kappa shape index (κ2) is 10.5. The largest absolute Gasteiger partial charge is 0.405 e. The van der Waals surface area contributed by atoms with Crippen LogP contribution in [-0.2, 0) is 16.6 Å². The molecule has 0 saturated heterocycles. The number of hydrogen-bond donors (Lipinski definition) is 3. The topological polar surface area (TPSA) is 154 Å². The van der Waals surface area contributed by atoms with Gasteiger partial charge in [-0.15, -0.1) is 0 Å². The van der Waals surface area contributed by atoms with Crippen LogP contribution in [-0.4, -0.2) is 50.9 Å². The van der Waals surface area contributed by atoms with E-state index in [2.05, 4.69) is 35.7 Å². The summed E-state index contributed by atoms with van der Waals surface area (Å²) in [6.45, 7) is -1.39. The fourth-order valence-electron chi connectivity index (χ4n) is 3.75. The first-order valence-corrected chi connectivity index (χ1v) is 13.0. The lowest BCUT2D eigenvalue weighted by Crippen LogP contribution is -2.22. The van der Waals surface area contributed by atoms with Crippen LogP contribution in [0.4, 0.5) is 29.3 Å². The quantitative estimate of drug-likeness (QED) is 0.236. The highest BCUT2D eigenvalue weighted by Gasteiger charge is 2.27. The maximum Gasteiger partial charge on any atom is 0.405 e. The summed E-state index contributed by atoms with van der Waals surface area (Å²) in [5, 5.41) is 14.5. The number of alkyl halides is 3. The van der Waals surface area contributed by atoms with E-state index in [0.29, 0.717) is 22.5 Å². The number of fused-ring (bicyclic) bond motifs is 1. The zero-order valence-corrected chi connectivity index (χ0v) is 21.1. The van der Waals surface area contributed by atoms with E-state index in [0.717, 1.165) is 0 Å². The Morgan fingerprint density at radius 1 is 0.950 bits per heavy atom. The normalized spacial score (nSPS) is 12.0. The number of primary sulfonamides is 1. The van der Waals surface area contributed by atoms with Crippen LogP contribution in [0.1, 0.15) is 5.56 Å². The van der Waals surface area contributed by atoms with Crippen molar-refractivity contribution in [2.24, 2.45) is 5.14 Å². The molecular formula is C24H19F4N9O2S. The fraction of sp³-hybridized carbons (Fsp3) is 0.125. The highest BCUT2D eigenvalue weighted by atomic mass is 32.2. The molecule has 0 aliphatic carbocycles. The van der Waals surface area contributed by atoms with Crippen LogP contribution in [0.15, 0.2) is 72.1 Å². The van der Waals surface area contributed by atoms with Crippen LogP contribution < -0.4 is 15.8 Å². The second-order valence-electron chi connectivity index (χ2n) is 8.51. The maximum absolute atomic E-state index is 13.3. The van der Waals surface area contributed by atoms with E-state index in [1.807, 2.05) is 0 Å². The Hall–Kier alpha value is -4.70. The Morgan fingerprint density at radius 3 is 2.40 bits per heavy atom. The summed E-state index contributed by atoms with van der Waals surface area (Å²) < 4.78 is 77.8. The second-order valence-corrected chi connectivity index (χ2v) is 10.1. The van der Waals surface area contributed by atoms with Gasteiger partial charge in [0.25, 0.3) is 0 Å². The van der Waals surface area contributed by atoms with E-state index in [-0.39, 0.29) is 34.2 Å². The number of pyridine rings is 1. The maximum atomic E-state index is 13.3. The number of benzene rings is 2. The van der Waals surface area contributed by atoms with Gasteiger partial charge in [-0.1, -0.05) is 0 Å². The molecule has 0 spiro atoms. The lowest BCUT2D eigenvalue weighted by atomic mass is 10.1. The predicted molar refractivity (Wildman–Crippen MR) is 137 cm³/mol. The SMILES string of the molecule is NS(=O)(=O)c1cc(CNc2nc(NCC(F)(F)F)c3nc(-c4ccc(F)cc4)ccc3n2)cc(-n2cncn2)c1. The van der Waals surface area contributed by atoms with Gasteiger partial charge in [0.1, 0.15) is 30.5 Å². The summed E-state index contributed by atoms with van der Waals surface area (Å²) in [6, 6.07) is 12.9. The molecule has 0 saturated carbocycles. The lowest BCUT2D eigenvalue weighted by molar-refractivity contribution is -0.115. The van der Waals surface area contributed by atoms with Crippen LogP contribution in [0.25, 0.3) is 28.0 Å². The first-order chi connectivity index (χ1) is 18.9. The Labute approximate surface area is 224 Å². The Bertz CT molecular complexity index is 1780. The number of anilines is 2. The van der Waals surface area contributed by atoms with Crippen LogP contribution in [0.3, 0.4) is 0 Å². The van der Waals surface area contributed by atoms with Crippen molar-refractivity contribution in [3.05, 3.63) is 78.6 Å². The molecule has 0 amide bonds. The zero-order valence-electron chi connectivity index (χ0n) is 20.3. The van der Waals surface area contributed by atoms with Gasteiger partial charge in [0.2, 0.25) is 16.0 Å². The number of halogens is 4. The number of hydrogen-bond acceptors (Lipinski definition) is 9. The van der Waals surface area contributed by atoms with Crippen molar-refractivity contribution < 1.29 is 26.0 Å². The van der Waals surface area contributed by atoms with E-state index in [1.54, 1.807) is 18.2 Å². The van der Waals surface area contributed by atoms with Crippen LogP contribution in [0.2, 0.25) is 0 Å². The molecular weight excluding hydrogens is 554 g/mol. The number of nitrogens with one attached hydrogen (secondary N) is 2. The Kier molecular flexibility index (Phi) is 7.03. The van der Waals surface area contributed by atoms with Gasteiger partial charge in [-0.2, -0.15) is 23.3 Å². The summed E-state index contributed by atoms with van der Waals surface area (Å²) >= 11 is 0. The third kappa shape index (κ3) is 6.29. The smallest absolute Gasteiger partial charge is 0.359 e. The van der Waals surface area contributed by atoms with E-state index >= 15 is 0 Å². The summed E-state index contributed by atoms with van der Waals surface area (Å²) in [7, 11) is -4.07. The van der Waals surface area contributed by atoms with Crippen molar-refractivity contribution >= 4 is 32.8 Å². The first kappa shape index (κ1) is 26.9. The molecule has 3 heterocycles. The predicted octanol–water partition coefficient (Wildman–Crippen LogP) is 3.65. The van der Waals surface area contributed by atoms with Gasteiger partial charge in [0, 0.05) is 12.1 Å². The van der Waals surface area contributed by atoms with Crippen molar-refractivity contribution in [2.75, 3.05) is 17.2 Å². The van der Waals surface area contributed by atoms with Crippen molar-refractivity contribution in [1.29, 1.82) is 0 Å². The molecule has 206 valence electrons. The van der Waals surface area contributed by atoms with Crippen LogP contribution >= 0.6 is 0 Å². The molecule has 3 aromatic heterocycles. The lowest BCUT2D eigenvalue weighted by Gasteiger charge is -2.14. The molecule has 16 heteroatoms. The monoisotopic (exact) mass is 573 g/mol. The van der Waals surface area contributed by atoms with E-state index in [9.17, 15) is 26.0 Å². The molecule has 0 fully saturated rings. The summed E-state index contributed by atoms with van der Waals surface area (Å²) in [6.07, 6.45) is -1.89. The average Bonchev–Trinajstić information content (AvgIpc) is 3.45. The van der Waals surface area contributed by atoms with Crippen molar-refractivity contribution in [1.82, 2.24) is 29.7 Å². The molecule has 5 aromatic rings. The standard InChI is InChI=1S/C24H19F4N9O2S/c25-16-3-1-15(2-4-16)19-5-6-20-21(34-19)22(32-11-24(26,27)28)36-23(35-20)31-10-14-7-17(37-13-30-12-33-37)9-18(8-14)40(29,38)39/h1-9,12-13H,10-11H2,(H2,29,38,39)(H2,31,32,35,36). The Morgan fingerprint density at radius 2 is 1.73 bits per heavy atom. The van der Waals surface area contributed by atoms with E-state index in [4.69, 9.17) is 5.14 Å². The molecule has 0 atom stereocenters. The molecule has 2 aromatic carbocycles. The van der Waals surface area contributed by atoms with Gasteiger partial charge < -0.3 is 10.6 Å². The molecule has 0 unspecified atom stereocenters. The number of aromatic nitrogens is 6. The zero-order chi connectivity index (χ0) is 28.5. The van der Waals surface area contributed by atoms with Gasteiger partial charge in [-0.3, -0.25) is 0 Å². The van der Waals surface area contributed by atoms with E-state index < -0.39 is 28.6 Å². The van der Waals surface area contributed by atoms with E-state index in [1.165, 1.54) is 53.7 Å². The van der Waals surface area contributed by atoms with Crippen LogP contribution in [0, 0.1) is 5.82 Å². The van der Waals surface area contributed by atoms with Crippen molar-refractivity contribution in [3.8, 4) is 16.9 Å². The number of nitrogens with two attached hydrogens (primary N) is 1. The van der Waals surface area contributed by atoms with Crippen LogP contribution in [0.5, 0.6) is 0 Å². The molecule has 0 aliphatic heterocycles. The first-order valence-electron chi connectivity index (χ1n) is 11.5. The number of sulfonamides is 1. The number of nitrogens with zero attached hydrogens (tertiary/aromatic N) is 6.